The van der Waals surface area contributed by atoms with E-state index in [0.717, 1.165) is 10.9 Å². The van der Waals surface area contributed by atoms with Crippen molar-refractivity contribution in [3.63, 3.8) is 0 Å². The maximum absolute atomic E-state index is 14.4. The molecule has 0 unspecified atom stereocenters. The number of aromatic amines is 1. The number of carboxylic acid groups (broad SMARTS) is 1. The van der Waals surface area contributed by atoms with E-state index in [0.29, 0.717) is 24.0 Å². The fraction of sp³-hybridized carbons (Fsp3) is 0.520. The van der Waals surface area contributed by atoms with E-state index >= 15 is 0 Å². The molecule has 16 N–H and O–H groups in total. The number of aliphatic imine (C=N–C) groups is 1. The number of carbonyl (C=O) groups excluding carboxylic acids is 8. The first-order chi connectivity index (χ1) is 36.1. The Morgan fingerprint density at radius 1 is 0.776 bits per heavy atom. The number of nitrogens with one attached hydrogen (secondary N) is 8. The number of amides is 8. The Morgan fingerprint density at radius 3 is 2.05 bits per heavy atom. The quantitative estimate of drug-likeness (QED) is 0.0166. The number of nitrogens with two attached hydrogens (primary N) is 3. The SMILES string of the molecule is CC[C@H](C)[C@H](NC(=O)[C@@H](N)CS)C(=O)N[C@H](C(=O)N1CCC[C@H]1C(=O)N[C@@H](Cc1c[nH]c2ccccc12)C(=O)NCC(=O)N[C@@H](CCCN=C(N)N)C(=O)N[C@@H](Cc1ccc(O)cc1)C(=O)N[C@@H](CS)C(=O)O)C(C)C. The number of aliphatic carboxylic acids is 1. The molecule has 0 aliphatic carbocycles. The number of nitrogens with zero attached hydrogens (tertiary/aromatic N) is 2. The van der Waals surface area contributed by atoms with Crippen LogP contribution in [0.4, 0.5) is 0 Å². The van der Waals surface area contributed by atoms with Gasteiger partial charge in [-0.3, -0.25) is 43.3 Å². The summed E-state index contributed by atoms with van der Waals surface area (Å²) in [5.74, 6) is -8.38. The fourth-order valence-electron chi connectivity index (χ4n) is 8.40. The zero-order valence-corrected chi connectivity index (χ0v) is 44.8. The van der Waals surface area contributed by atoms with E-state index in [1.54, 1.807) is 33.0 Å². The van der Waals surface area contributed by atoms with Crippen LogP contribution in [0.3, 0.4) is 0 Å². The maximum Gasteiger partial charge on any atom is 0.327 e. The highest BCUT2D eigenvalue weighted by molar-refractivity contribution is 7.80. The summed E-state index contributed by atoms with van der Waals surface area (Å²) in [6.07, 6.45) is 2.73. The van der Waals surface area contributed by atoms with Gasteiger partial charge < -0.3 is 74.5 Å². The van der Waals surface area contributed by atoms with Gasteiger partial charge in [-0.2, -0.15) is 25.3 Å². The third-order valence-electron chi connectivity index (χ3n) is 13.0. The lowest BCUT2D eigenvalue weighted by atomic mass is 9.96. The van der Waals surface area contributed by atoms with Gasteiger partial charge in [-0.05, 0) is 66.8 Å². The average molecular weight is 1100 g/mol. The molecule has 8 amide bonds. The van der Waals surface area contributed by atoms with Crippen molar-refractivity contribution in [3.05, 3.63) is 65.9 Å². The van der Waals surface area contributed by atoms with Crippen molar-refractivity contribution in [1.82, 2.24) is 47.1 Å². The number of thiol groups is 2. The molecule has 2 aromatic carbocycles. The number of fused-ring (bicyclic) bond motifs is 1. The van der Waals surface area contributed by atoms with Crippen LogP contribution in [0.5, 0.6) is 5.75 Å². The Kier molecular flexibility index (Phi) is 24.2. The molecule has 1 aliphatic rings. The summed E-state index contributed by atoms with van der Waals surface area (Å²) >= 11 is 8.10. The van der Waals surface area contributed by atoms with Crippen LogP contribution in [0.1, 0.15) is 70.9 Å². The molecule has 0 spiro atoms. The van der Waals surface area contributed by atoms with Gasteiger partial charge in [-0.25, -0.2) is 4.79 Å². The number of hydrogen-bond donors (Lipinski definition) is 15. The molecule has 4 rings (SSSR count). The number of carboxylic acids is 1. The normalized spacial score (nSPS) is 16.4. The van der Waals surface area contributed by atoms with Crippen LogP contribution >= 0.6 is 25.3 Å². The van der Waals surface area contributed by atoms with Crippen LogP contribution in [-0.2, 0) is 56.0 Å². The standard InChI is InChI=1S/C50H73N13O11S2/c1-5-27(4)41(62-42(66)32(51)24-75)47(71)61-40(26(2)3)48(72)63-19-9-13-38(63)46(70)59-36(21-29-22-55-33-11-7-6-10-31(29)33)43(67)56-23-39(65)57-34(12-8-18-54-50(52)53)44(68)58-35(20-28-14-16-30(64)17-15-28)45(69)60-37(25-76)49(73)74/h6-7,10-11,14-17,22,26-27,32,34-38,40-41,55,64,75-76H,5,8-9,12-13,18-21,23-25,51H2,1-4H3,(H,56,67)(H,57,65)(H,58,68)(H,59,70)(H,60,69)(H,61,71)(H,62,66)(H,73,74)(H4,52,53,54)/t27-,32-,34-,35-,36-,37-,38-,40-,41-/m0/s1. The number of phenols is 1. The summed E-state index contributed by atoms with van der Waals surface area (Å²) in [6.45, 7) is 6.63. The first-order valence-corrected chi connectivity index (χ1v) is 26.3. The maximum atomic E-state index is 14.4. The minimum absolute atomic E-state index is 0.0454. The molecule has 1 aliphatic heterocycles. The van der Waals surface area contributed by atoms with Crippen LogP contribution in [-0.4, -0.2) is 159 Å². The molecule has 76 heavy (non-hydrogen) atoms. The Hall–Kier alpha value is -7.06. The fourth-order valence-corrected chi connectivity index (χ4v) is 8.81. The van der Waals surface area contributed by atoms with Gasteiger partial charge in [0.1, 0.15) is 48.0 Å². The molecular weight excluding hydrogens is 1020 g/mol. The Balaban J connectivity index is 1.55. The number of phenolic OH excluding ortho intramolecular Hbond substituents is 1. The average Bonchev–Trinajstić information content (AvgIpc) is 4.06. The van der Waals surface area contributed by atoms with Crippen LogP contribution in [0.2, 0.25) is 0 Å². The van der Waals surface area contributed by atoms with E-state index < -0.39 is 114 Å². The number of para-hydroxylation sites is 1. The van der Waals surface area contributed by atoms with E-state index in [-0.39, 0.29) is 74.3 Å². The first kappa shape index (κ1) is 61.5. The van der Waals surface area contributed by atoms with Crippen molar-refractivity contribution in [2.24, 2.45) is 34.0 Å². The number of benzene rings is 2. The van der Waals surface area contributed by atoms with Gasteiger partial charge in [0.25, 0.3) is 0 Å². The molecule has 0 bridgehead atoms. The van der Waals surface area contributed by atoms with Crippen LogP contribution < -0.4 is 54.4 Å². The first-order valence-electron chi connectivity index (χ1n) is 25.1. The number of H-pyrrole nitrogens is 1. The molecule has 3 aromatic rings. The predicted molar refractivity (Wildman–Crippen MR) is 291 cm³/mol. The topological polar surface area (TPSA) is 388 Å². The van der Waals surface area contributed by atoms with Crippen molar-refractivity contribution in [2.45, 2.75) is 121 Å². The number of aromatic nitrogens is 1. The molecular formula is C50H73N13O11S2. The molecule has 1 fully saturated rings. The van der Waals surface area contributed by atoms with Crippen LogP contribution in [0.25, 0.3) is 10.9 Å². The van der Waals surface area contributed by atoms with Crippen molar-refractivity contribution in [3.8, 4) is 5.75 Å². The second-order valence-electron chi connectivity index (χ2n) is 19.0. The highest BCUT2D eigenvalue weighted by Crippen LogP contribution is 2.23. The summed E-state index contributed by atoms with van der Waals surface area (Å²) in [5, 5.41) is 38.5. The predicted octanol–water partition coefficient (Wildman–Crippen LogP) is -1.30. The summed E-state index contributed by atoms with van der Waals surface area (Å²) < 4.78 is 0. The highest BCUT2D eigenvalue weighted by Gasteiger charge is 2.41. The number of aromatic hydroxyl groups is 1. The minimum atomic E-state index is -1.41. The number of guanidine groups is 1. The second kappa shape index (κ2) is 29.9. The van der Waals surface area contributed by atoms with Gasteiger partial charge in [0.05, 0.1) is 12.6 Å². The lowest BCUT2D eigenvalue weighted by molar-refractivity contribution is -0.143. The lowest BCUT2D eigenvalue weighted by Gasteiger charge is -2.33. The van der Waals surface area contributed by atoms with Crippen molar-refractivity contribution >= 4 is 95.3 Å². The second-order valence-corrected chi connectivity index (χ2v) is 19.7. The molecule has 1 saturated heterocycles. The van der Waals surface area contributed by atoms with Gasteiger partial charge in [-0.15, -0.1) is 0 Å². The molecule has 24 nitrogen and oxygen atoms in total. The van der Waals surface area contributed by atoms with Crippen molar-refractivity contribution in [2.75, 3.05) is 31.1 Å². The molecule has 9 atom stereocenters. The molecule has 26 heteroatoms. The van der Waals surface area contributed by atoms with E-state index in [1.807, 2.05) is 25.1 Å². The van der Waals surface area contributed by atoms with E-state index in [9.17, 15) is 53.4 Å². The smallest absolute Gasteiger partial charge is 0.327 e. The zero-order valence-electron chi connectivity index (χ0n) is 43.0. The third kappa shape index (κ3) is 18.1. The molecule has 2 heterocycles. The Bertz CT molecular complexity index is 2540. The molecule has 416 valence electrons. The summed E-state index contributed by atoms with van der Waals surface area (Å²) in [6, 6.07) is 3.44. The van der Waals surface area contributed by atoms with Gasteiger partial charge >= 0.3 is 5.97 Å². The molecule has 0 saturated carbocycles. The molecule has 1 aromatic heterocycles. The monoisotopic (exact) mass is 1100 g/mol. The largest absolute Gasteiger partial charge is 0.508 e. The number of rotatable bonds is 29. The summed E-state index contributed by atoms with van der Waals surface area (Å²) in [5.41, 5.74) is 18.7. The van der Waals surface area contributed by atoms with E-state index in [1.165, 1.54) is 29.2 Å². The van der Waals surface area contributed by atoms with Crippen molar-refractivity contribution < 1.29 is 53.4 Å². The van der Waals surface area contributed by atoms with E-state index in [2.05, 4.69) is 72.5 Å². The summed E-state index contributed by atoms with van der Waals surface area (Å²) in [4.78, 5) is 131. The Morgan fingerprint density at radius 2 is 1.42 bits per heavy atom. The number of likely N-dealkylation sites (tertiary alicyclic amines) is 1. The number of carbonyl (C=O) groups is 9. The zero-order chi connectivity index (χ0) is 56.2. The highest BCUT2D eigenvalue weighted by atomic mass is 32.1. The molecule has 0 radical (unpaired) electrons. The van der Waals surface area contributed by atoms with Crippen LogP contribution in [0.15, 0.2) is 59.7 Å². The third-order valence-corrected chi connectivity index (χ3v) is 13.7. The van der Waals surface area contributed by atoms with Crippen LogP contribution in [0, 0.1) is 11.8 Å². The Labute approximate surface area is 451 Å². The minimum Gasteiger partial charge on any atom is -0.508 e. The van der Waals surface area contributed by atoms with Crippen molar-refractivity contribution in [1.29, 1.82) is 0 Å². The van der Waals surface area contributed by atoms with Gasteiger partial charge in [0.2, 0.25) is 47.3 Å². The number of hydrogen-bond acceptors (Lipinski definition) is 14. The van der Waals surface area contributed by atoms with Gasteiger partial charge in [-0.1, -0.05) is 64.4 Å². The summed E-state index contributed by atoms with van der Waals surface area (Å²) in [7, 11) is 0. The van der Waals surface area contributed by atoms with Gasteiger partial charge in [0, 0.05) is 54.5 Å². The lowest BCUT2D eigenvalue weighted by Crippen LogP contribution is -2.61. The van der Waals surface area contributed by atoms with E-state index in [4.69, 9.17) is 17.2 Å². The van der Waals surface area contributed by atoms with Gasteiger partial charge in [0.15, 0.2) is 5.96 Å².